The predicted octanol–water partition coefficient (Wildman–Crippen LogP) is 3.04. The minimum absolute atomic E-state index is 0.250. The molecule has 5 nitrogen and oxygen atoms in total. The highest BCUT2D eigenvalue weighted by Gasteiger charge is 2.09. The second-order valence-corrected chi connectivity index (χ2v) is 4.76. The van der Waals surface area contributed by atoms with Gasteiger partial charge in [-0.3, -0.25) is 4.79 Å². The van der Waals surface area contributed by atoms with Gasteiger partial charge in [0.1, 0.15) is 17.5 Å². The molecule has 0 unspecified atom stereocenters. The van der Waals surface area contributed by atoms with Gasteiger partial charge in [-0.1, -0.05) is 6.07 Å². The summed E-state index contributed by atoms with van der Waals surface area (Å²) in [5.41, 5.74) is 0.402. The van der Waals surface area contributed by atoms with Crippen LogP contribution in [0.5, 0.6) is 0 Å². The van der Waals surface area contributed by atoms with E-state index in [1.165, 1.54) is 10.7 Å². The Morgan fingerprint density at radius 2 is 2.13 bits per heavy atom. The topological polar surface area (TPSA) is 70.7 Å². The fraction of sp³-hybridized carbons (Fsp3) is 0.188. The molecule has 0 saturated heterocycles. The van der Waals surface area contributed by atoms with Crippen LogP contribution in [0.15, 0.2) is 30.3 Å². The zero-order chi connectivity index (χ0) is 16.8. The largest absolute Gasteiger partial charge is 0.307 e. The molecule has 0 fully saturated rings. The van der Waals surface area contributed by atoms with Crippen LogP contribution in [0.2, 0.25) is 0 Å². The van der Waals surface area contributed by atoms with E-state index in [4.69, 9.17) is 5.26 Å². The van der Waals surface area contributed by atoms with Gasteiger partial charge in [0, 0.05) is 17.7 Å². The number of aromatic nitrogens is 2. The van der Waals surface area contributed by atoms with E-state index in [-0.39, 0.29) is 12.0 Å². The lowest BCUT2D eigenvalue weighted by atomic mass is 10.2. The van der Waals surface area contributed by atoms with Gasteiger partial charge < -0.3 is 5.32 Å². The fourth-order valence-corrected chi connectivity index (χ4v) is 1.97. The first kappa shape index (κ1) is 16.4. The molecule has 0 bridgehead atoms. The average molecular weight is 316 g/mol. The molecule has 2 rings (SSSR count). The summed E-state index contributed by atoms with van der Waals surface area (Å²) in [5, 5.41) is 15.3. The van der Waals surface area contributed by atoms with Crippen molar-refractivity contribution >= 4 is 17.8 Å². The molecule has 1 aromatic heterocycles. The Kier molecular flexibility index (Phi) is 5.20. The highest BCUT2D eigenvalue weighted by atomic mass is 19.1. The van der Waals surface area contributed by atoms with E-state index in [2.05, 4.69) is 10.4 Å². The molecule has 0 atom stereocenters. The lowest BCUT2D eigenvalue weighted by Crippen LogP contribution is -2.13. The minimum Gasteiger partial charge on any atom is -0.307 e. The Morgan fingerprint density at radius 3 is 2.78 bits per heavy atom. The molecule has 118 valence electrons. The molecular weight excluding hydrogens is 302 g/mol. The second kappa shape index (κ2) is 7.31. The lowest BCUT2D eigenvalue weighted by Gasteiger charge is -2.05. The fourth-order valence-electron chi connectivity index (χ4n) is 1.97. The van der Waals surface area contributed by atoms with Crippen LogP contribution in [0, 0.1) is 29.9 Å². The molecule has 0 saturated carbocycles. The number of carbonyl (C=O) groups excluding carboxylic acids is 1. The number of nitriles is 1. The highest BCUT2D eigenvalue weighted by Crippen LogP contribution is 2.14. The zero-order valence-corrected chi connectivity index (χ0v) is 12.4. The van der Waals surface area contributed by atoms with Crippen LogP contribution >= 0.6 is 0 Å². The van der Waals surface area contributed by atoms with E-state index in [1.54, 1.807) is 13.0 Å². The number of aryl methyl sites for hydroxylation is 2. The summed E-state index contributed by atoms with van der Waals surface area (Å²) in [5.74, 6) is -1.62. The van der Waals surface area contributed by atoms with Crippen molar-refractivity contribution in [3.63, 3.8) is 0 Å². The van der Waals surface area contributed by atoms with Crippen LogP contribution in [0.3, 0.4) is 0 Å². The zero-order valence-electron chi connectivity index (χ0n) is 12.4. The van der Waals surface area contributed by atoms with Gasteiger partial charge in [0.25, 0.3) is 0 Å². The van der Waals surface area contributed by atoms with Gasteiger partial charge in [-0.25, -0.2) is 13.5 Å². The molecular formula is C16H14F2N4O. The van der Waals surface area contributed by atoms with Crippen molar-refractivity contribution in [3.8, 4) is 6.07 Å². The summed E-state index contributed by atoms with van der Waals surface area (Å²) in [4.78, 5) is 11.9. The van der Waals surface area contributed by atoms with E-state index < -0.39 is 17.5 Å². The van der Waals surface area contributed by atoms with Gasteiger partial charge in [-0.15, -0.1) is 0 Å². The van der Waals surface area contributed by atoms with Crippen molar-refractivity contribution in [1.29, 1.82) is 5.26 Å². The van der Waals surface area contributed by atoms with Crippen molar-refractivity contribution < 1.29 is 13.6 Å². The number of nitrogens with zero attached hydrogens (tertiary/aromatic N) is 3. The first-order valence-corrected chi connectivity index (χ1v) is 6.85. The third kappa shape index (κ3) is 4.23. The summed E-state index contributed by atoms with van der Waals surface area (Å²) in [6.45, 7) is 2.09. The van der Waals surface area contributed by atoms with Crippen LogP contribution in [0.1, 0.15) is 17.7 Å². The molecule has 1 heterocycles. The third-order valence-corrected chi connectivity index (χ3v) is 2.99. The molecule has 1 N–H and O–H groups in total. The van der Waals surface area contributed by atoms with E-state index in [0.29, 0.717) is 18.1 Å². The number of carbonyl (C=O) groups is 1. The summed E-state index contributed by atoms with van der Waals surface area (Å²) >= 11 is 0. The van der Waals surface area contributed by atoms with Crippen LogP contribution < -0.4 is 5.32 Å². The summed E-state index contributed by atoms with van der Waals surface area (Å²) < 4.78 is 28.4. The molecule has 2 aromatic rings. The molecule has 0 radical (unpaired) electrons. The van der Waals surface area contributed by atoms with E-state index >= 15 is 0 Å². The number of hydrogen-bond donors (Lipinski definition) is 1. The molecule has 23 heavy (non-hydrogen) atoms. The normalized spacial score (nSPS) is 10.7. The van der Waals surface area contributed by atoms with Crippen LogP contribution in [0.25, 0.3) is 6.08 Å². The number of halogens is 2. The maximum Gasteiger partial charge on any atom is 0.249 e. The number of benzene rings is 1. The Bertz CT molecular complexity index is 770. The van der Waals surface area contributed by atoms with Crippen LogP contribution in [-0.2, 0) is 11.3 Å². The first-order chi connectivity index (χ1) is 11.0. The Balaban J connectivity index is 2.11. The summed E-state index contributed by atoms with van der Waals surface area (Å²) in [6.07, 6.45) is 2.36. The lowest BCUT2D eigenvalue weighted by molar-refractivity contribution is -0.111. The van der Waals surface area contributed by atoms with Gasteiger partial charge in [0.15, 0.2) is 0 Å². The standard InChI is InChI=1S/C16H14F2N4O/c1-11-10-15(22(21-11)9-3-8-19)20-16(23)7-6-12-13(17)4-2-5-14(12)18/h2,4-7,10H,3,9H2,1H3,(H,20,23)/b7-6-. The minimum atomic E-state index is -0.746. The smallest absolute Gasteiger partial charge is 0.249 e. The number of amides is 1. The SMILES string of the molecule is Cc1cc(NC(=O)/C=C\c2c(F)cccc2F)n(CCC#N)n1. The monoisotopic (exact) mass is 316 g/mol. The van der Waals surface area contributed by atoms with E-state index in [0.717, 1.165) is 24.3 Å². The van der Waals surface area contributed by atoms with Crippen molar-refractivity contribution in [2.75, 3.05) is 5.32 Å². The molecule has 0 aliphatic rings. The van der Waals surface area contributed by atoms with Gasteiger partial charge >= 0.3 is 0 Å². The Labute approximate surface area is 131 Å². The average Bonchev–Trinajstić information content (AvgIpc) is 2.84. The van der Waals surface area contributed by atoms with Crippen molar-refractivity contribution in [2.45, 2.75) is 19.9 Å². The highest BCUT2D eigenvalue weighted by molar-refractivity contribution is 6.01. The molecule has 1 amide bonds. The van der Waals surface area contributed by atoms with Crippen LogP contribution in [-0.4, -0.2) is 15.7 Å². The predicted molar refractivity (Wildman–Crippen MR) is 81.2 cm³/mol. The van der Waals surface area contributed by atoms with Gasteiger partial charge in [-0.05, 0) is 25.1 Å². The number of nitrogens with one attached hydrogen (secondary N) is 1. The van der Waals surface area contributed by atoms with Crippen molar-refractivity contribution in [3.05, 3.63) is 53.2 Å². The van der Waals surface area contributed by atoms with Gasteiger partial charge in [0.2, 0.25) is 5.91 Å². The van der Waals surface area contributed by atoms with Gasteiger partial charge in [0.05, 0.1) is 24.7 Å². The van der Waals surface area contributed by atoms with Crippen molar-refractivity contribution in [1.82, 2.24) is 9.78 Å². The number of anilines is 1. The quantitative estimate of drug-likeness (QED) is 0.862. The third-order valence-electron chi connectivity index (χ3n) is 2.99. The van der Waals surface area contributed by atoms with Crippen molar-refractivity contribution in [2.24, 2.45) is 0 Å². The summed E-state index contributed by atoms with van der Waals surface area (Å²) in [6, 6.07) is 7.11. The second-order valence-electron chi connectivity index (χ2n) is 4.76. The first-order valence-electron chi connectivity index (χ1n) is 6.85. The Morgan fingerprint density at radius 1 is 1.43 bits per heavy atom. The molecule has 7 heteroatoms. The summed E-state index contributed by atoms with van der Waals surface area (Å²) in [7, 11) is 0. The van der Waals surface area contributed by atoms with Crippen LogP contribution in [0.4, 0.5) is 14.6 Å². The molecule has 0 spiro atoms. The molecule has 0 aliphatic heterocycles. The van der Waals surface area contributed by atoms with E-state index in [9.17, 15) is 13.6 Å². The Hall–Kier alpha value is -3.01. The molecule has 0 aliphatic carbocycles. The van der Waals surface area contributed by atoms with E-state index in [1.807, 2.05) is 6.07 Å². The van der Waals surface area contributed by atoms with Gasteiger partial charge in [-0.2, -0.15) is 10.4 Å². The number of hydrogen-bond acceptors (Lipinski definition) is 3. The maximum atomic E-state index is 13.5. The molecule has 1 aromatic carbocycles. The number of rotatable bonds is 5. The maximum absolute atomic E-state index is 13.5.